The largest absolute Gasteiger partial charge is 0.465 e. The van der Waals surface area contributed by atoms with Gasteiger partial charge in [-0.1, -0.05) is 36.4 Å². The Balaban J connectivity index is 2.67. The van der Waals surface area contributed by atoms with Crippen molar-refractivity contribution >= 4 is 5.97 Å². The third-order valence-electron chi connectivity index (χ3n) is 2.78. The van der Waals surface area contributed by atoms with Crippen LogP contribution in [0.5, 0.6) is 0 Å². The molecular formula is C15H21NO2. The van der Waals surface area contributed by atoms with Gasteiger partial charge in [0.05, 0.1) is 13.2 Å². The van der Waals surface area contributed by atoms with E-state index in [1.54, 1.807) is 0 Å². The monoisotopic (exact) mass is 247 g/mol. The molecule has 0 heterocycles. The molecule has 0 saturated heterocycles. The highest BCUT2D eigenvalue weighted by molar-refractivity contribution is 5.71. The summed E-state index contributed by atoms with van der Waals surface area (Å²) in [4.78, 5) is 13.6. The summed E-state index contributed by atoms with van der Waals surface area (Å²) >= 11 is 0. The fraction of sp³-hybridized carbons (Fsp3) is 0.400. The van der Waals surface area contributed by atoms with Gasteiger partial charge in [-0.25, -0.2) is 0 Å². The van der Waals surface area contributed by atoms with E-state index in [1.165, 1.54) is 5.56 Å². The smallest absolute Gasteiger partial charge is 0.320 e. The number of hydrogen-bond acceptors (Lipinski definition) is 3. The van der Waals surface area contributed by atoms with Crippen LogP contribution in [0.25, 0.3) is 0 Å². The lowest BCUT2D eigenvalue weighted by molar-refractivity contribution is -0.144. The highest BCUT2D eigenvalue weighted by atomic mass is 16.5. The van der Waals surface area contributed by atoms with E-state index >= 15 is 0 Å². The Morgan fingerprint density at radius 3 is 2.67 bits per heavy atom. The molecule has 0 aliphatic rings. The number of rotatable bonds is 7. The predicted molar refractivity (Wildman–Crippen MR) is 73.1 cm³/mol. The maximum atomic E-state index is 11.6. The summed E-state index contributed by atoms with van der Waals surface area (Å²) in [5.74, 6) is -0.192. The molecule has 1 aromatic carbocycles. The van der Waals surface area contributed by atoms with Gasteiger partial charge < -0.3 is 4.74 Å². The number of nitrogens with zero attached hydrogens (tertiary/aromatic N) is 1. The van der Waals surface area contributed by atoms with Crippen LogP contribution in [0.3, 0.4) is 0 Å². The highest BCUT2D eigenvalue weighted by Gasteiger charge is 2.16. The van der Waals surface area contributed by atoms with E-state index in [9.17, 15) is 4.79 Å². The number of carbonyl (C=O) groups is 1. The predicted octanol–water partition coefficient (Wildman–Crippen LogP) is 2.63. The zero-order valence-electron chi connectivity index (χ0n) is 11.1. The van der Waals surface area contributed by atoms with Crippen LogP contribution in [-0.2, 0) is 16.1 Å². The van der Waals surface area contributed by atoms with Gasteiger partial charge in [-0.3, -0.25) is 9.69 Å². The Morgan fingerprint density at radius 2 is 2.11 bits per heavy atom. The van der Waals surface area contributed by atoms with Gasteiger partial charge in [0.2, 0.25) is 0 Å². The van der Waals surface area contributed by atoms with E-state index < -0.39 is 0 Å². The molecule has 0 aliphatic carbocycles. The molecule has 1 aromatic rings. The van der Waals surface area contributed by atoms with Crippen molar-refractivity contribution in [3.8, 4) is 0 Å². The van der Waals surface area contributed by atoms with Crippen LogP contribution in [0.4, 0.5) is 0 Å². The summed E-state index contributed by atoms with van der Waals surface area (Å²) in [6.45, 7) is 9.04. The van der Waals surface area contributed by atoms with E-state index in [-0.39, 0.29) is 18.6 Å². The van der Waals surface area contributed by atoms with Crippen LogP contribution in [-0.4, -0.2) is 30.1 Å². The molecule has 1 rings (SSSR count). The van der Waals surface area contributed by atoms with Crippen LogP contribution < -0.4 is 0 Å². The number of benzene rings is 1. The fourth-order valence-electron chi connectivity index (χ4n) is 1.68. The average molecular weight is 247 g/mol. The van der Waals surface area contributed by atoms with Crippen molar-refractivity contribution in [2.45, 2.75) is 26.4 Å². The average Bonchev–Trinajstić information content (AvgIpc) is 2.38. The number of esters is 1. The lowest BCUT2D eigenvalue weighted by Crippen LogP contribution is -2.36. The summed E-state index contributed by atoms with van der Waals surface area (Å²) in [5.41, 5.74) is 1.18. The normalized spacial score (nSPS) is 12.2. The first-order valence-electron chi connectivity index (χ1n) is 6.23. The quantitative estimate of drug-likeness (QED) is 0.548. The molecule has 0 saturated carbocycles. The van der Waals surface area contributed by atoms with Crippen molar-refractivity contribution in [2.24, 2.45) is 0 Å². The van der Waals surface area contributed by atoms with E-state index in [0.29, 0.717) is 13.2 Å². The van der Waals surface area contributed by atoms with Gasteiger partial charge in [-0.2, -0.15) is 0 Å². The Kier molecular flexibility index (Phi) is 6.15. The van der Waals surface area contributed by atoms with Crippen molar-refractivity contribution in [3.05, 3.63) is 48.6 Å². The minimum absolute atomic E-state index is 0.134. The van der Waals surface area contributed by atoms with Crippen molar-refractivity contribution in [3.63, 3.8) is 0 Å². The molecule has 0 amide bonds. The summed E-state index contributed by atoms with van der Waals surface area (Å²) in [6.07, 6.45) is 1.84. The topological polar surface area (TPSA) is 29.5 Å². The lowest BCUT2D eigenvalue weighted by atomic mass is 10.2. The maximum absolute atomic E-state index is 11.6. The Morgan fingerprint density at radius 1 is 1.44 bits per heavy atom. The Labute approximate surface area is 109 Å². The summed E-state index contributed by atoms with van der Waals surface area (Å²) < 4.78 is 4.99. The minimum atomic E-state index is -0.192. The molecule has 0 fully saturated rings. The molecule has 0 radical (unpaired) electrons. The lowest BCUT2D eigenvalue weighted by Gasteiger charge is -2.25. The van der Waals surface area contributed by atoms with Gasteiger partial charge in [-0.05, 0) is 19.4 Å². The van der Waals surface area contributed by atoms with Crippen LogP contribution >= 0.6 is 0 Å². The molecule has 0 N–H and O–H groups in total. The second kappa shape index (κ2) is 7.67. The van der Waals surface area contributed by atoms with Gasteiger partial charge in [0.25, 0.3) is 0 Å². The first-order valence-corrected chi connectivity index (χ1v) is 6.23. The van der Waals surface area contributed by atoms with Crippen molar-refractivity contribution in [1.29, 1.82) is 0 Å². The first-order chi connectivity index (χ1) is 8.67. The van der Waals surface area contributed by atoms with Crippen LogP contribution in [0.2, 0.25) is 0 Å². The van der Waals surface area contributed by atoms with Crippen molar-refractivity contribution in [1.82, 2.24) is 4.90 Å². The van der Waals surface area contributed by atoms with Crippen molar-refractivity contribution in [2.75, 3.05) is 13.2 Å². The standard InChI is InChI=1S/C15H21NO2/c1-4-13(3)16(12-15(17)18-5-2)11-14-9-7-6-8-10-14/h4,6-10,13H,1,5,11-12H2,2-3H3. The number of ether oxygens (including phenoxy) is 1. The van der Waals surface area contributed by atoms with Gasteiger partial charge in [0.15, 0.2) is 0 Å². The van der Waals surface area contributed by atoms with E-state index in [2.05, 4.69) is 6.58 Å². The zero-order valence-corrected chi connectivity index (χ0v) is 11.1. The Hall–Kier alpha value is -1.61. The molecule has 0 bridgehead atoms. The molecule has 1 atom stereocenters. The summed E-state index contributed by atoms with van der Waals surface area (Å²) in [7, 11) is 0. The SMILES string of the molecule is C=CC(C)N(CC(=O)OCC)Cc1ccccc1. The Bertz CT molecular complexity index is 375. The van der Waals surface area contributed by atoms with Crippen LogP contribution in [0, 0.1) is 0 Å². The zero-order chi connectivity index (χ0) is 13.4. The summed E-state index contributed by atoms with van der Waals surface area (Å²) in [5, 5.41) is 0. The fourth-order valence-corrected chi connectivity index (χ4v) is 1.68. The molecule has 0 spiro atoms. The van der Waals surface area contributed by atoms with Gasteiger partial charge in [-0.15, -0.1) is 6.58 Å². The van der Waals surface area contributed by atoms with Crippen LogP contribution in [0.15, 0.2) is 43.0 Å². The second-order valence-electron chi connectivity index (χ2n) is 4.17. The first kappa shape index (κ1) is 14.5. The minimum Gasteiger partial charge on any atom is -0.465 e. The molecule has 0 aliphatic heterocycles. The van der Waals surface area contributed by atoms with Crippen LogP contribution in [0.1, 0.15) is 19.4 Å². The van der Waals surface area contributed by atoms with E-state index in [0.717, 1.165) is 0 Å². The molecule has 98 valence electrons. The molecule has 3 nitrogen and oxygen atoms in total. The molecule has 0 aromatic heterocycles. The molecule has 1 unspecified atom stereocenters. The van der Waals surface area contributed by atoms with Crippen molar-refractivity contribution < 1.29 is 9.53 Å². The third-order valence-corrected chi connectivity index (χ3v) is 2.78. The second-order valence-corrected chi connectivity index (χ2v) is 4.17. The number of carbonyl (C=O) groups excluding carboxylic acids is 1. The van der Waals surface area contributed by atoms with Gasteiger partial charge in [0.1, 0.15) is 0 Å². The third kappa shape index (κ3) is 4.72. The molecule has 18 heavy (non-hydrogen) atoms. The highest BCUT2D eigenvalue weighted by Crippen LogP contribution is 2.09. The number of hydrogen-bond donors (Lipinski definition) is 0. The van der Waals surface area contributed by atoms with Gasteiger partial charge in [0, 0.05) is 12.6 Å². The van der Waals surface area contributed by atoms with E-state index in [1.807, 2.05) is 55.2 Å². The summed E-state index contributed by atoms with van der Waals surface area (Å²) in [6, 6.07) is 10.2. The molecular weight excluding hydrogens is 226 g/mol. The molecule has 3 heteroatoms. The van der Waals surface area contributed by atoms with Gasteiger partial charge >= 0.3 is 5.97 Å². The van der Waals surface area contributed by atoms with E-state index in [4.69, 9.17) is 4.74 Å². The maximum Gasteiger partial charge on any atom is 0.320 e.